The molecule has 1 N–H and O–H groups in total. The van der Waals surface area contributed by atoms with Crippen LogP contribution in [0.1, 0.15) is 11.1 Å². The maximum Gasteiger partial charge on any atom is 0.264 e. The first-order chi connectivity index (χ1) is 16.8. The van der Waals surface area contributed by atoms with E-state index in [2.05, 4.69) is 17.4 Å². The molecule has 3 rings (SSSR count). The van der Waals surface area contributed by atoms with E-state index in [9.17, 15) is 13.2 Å². The second-order valence-electron chi connectivity index (χ2n) is 7.75. The molecule has 9 heteroatoms. The van der Waals surface area contributed by atoms with Crippen molar-refractivity contribution in [3.8, 4) is 11.5 Å². The van der Waals surface area contributed by atoms with Gasteiger partial charge in [-0.2, -0.15) is 11.8 Å². The van der Waals surface area contributed by atoms with Gasteiger partial charge >= 0.3 is 0 Å². The molecule has 0 aromatic heterocycles. The van der Waals surface area contributed by atoms with Gasteiger partial charge < -0.3 is 14.8 Å². The predicted molar refractivity (Wildman–Crippen MR) is 141 cm³/mol. The third-order valence-electron chi connectivity index (χ3n) is 5.23. The summed E-state index contributed by atoms with van der Waals surface area (Å²) < 4.78 is 39.0. The summed E-state index contributed by atoms with van der Waals surface area (Å²) in [7, 11) is -1.12. The zero-order valence-corrected chi connectivity index (χ0v) is 21.7. The number of rotatable bonds is 12. The molecule has 3 aromatic carbocycles. The van der Waals surface area contributed by atoms with Gasteiger partial charge in [0.25, 0.3) is 10.0 Å². The molecule has 0 heterocycles. The Labute approximate surface area is 211 Å². The fourth-order valence-electron chi connectivity index (χ4n) is 3.34. The molecule has 0 aliphatic heterocycles. The SMILES string of the molecule is COc1ccc(OC)c(N(CC(=O)NCCSCc2ccccc2)S(=O)(=O)c2ccc(C)cc2)c1. The normalized spacial score (nSPS) is 11.1. The quantitative estimate of drug-likeness (QED) is 0.364. The average molecular weight is 515 g/mol. The van der Waals surface area contributed by atoms with E-state index in [4.69, 9.17) is 9.47 Å². The lowest BCUT2D eigenvalue weighted by molar-refractivity contribution is -0.119. The number of benzene rings is 3. The van der Waals surface area contributed by atoms with Crippen LogP contribution in [-0.2, 0) is 20.6 Å². The van der Waals surface area contributed by atoms with Crippen molar-refractivity contribution in [2.75, 3.05) is 37.4 Å². The van der Waals surface area contributed by atoms with Gasteiger partial charge in [-0.05, 0) is 36.8 Å². The number of thioether (sulfide) groups is 1. The molecule has 1 amide bonds. The third-order valence-corrected chi connectivity index (χ3v) is 8.04. The van der Waals surface area contributed by atoms with Crippen molar-refractivity contribution in [1.82, 2.24) is 5.32 Å². The Balaban J connectivity index is 1.77. The first kappa shape index (κ1) is 26.4. The van der Waals surface area contributed by atoms with E-state index >= 15 is 0 Å². The number of carbonyl (C=O) groups is 1. The van der Waals surface area contributed by atoms with Crippen LogP contribution in [-0.4, -0.2) is 47.4 Å². The number of methoxy groups -OCH3 is 2. The Hall–Kier alpha value is -3.17. The van der Waals surface area contributed by atoms with Crippen LogP contribution in [0.25, 0.3) is 0 Å². The molecule has 186 valence electrons. The summed E-state index contributed by atoms with van der Waals surface area (Å²) in [6.07, 6.45) is 0. The Morgan fingerprint density at radius 3 is 2.34 bits per heavy atom. The van der Waals surface area contributed by atoms with Crippen molar-refractivity contribution in [3.63, 3.8) is 0 Å². The largest absolute Gasteiger partial charge is 0.497 e. The van der Waals surface area contributed by atoms with Gasteiger partial charge in [-0.15, -0.1) is 0 Å². The lowest BCUT2D eigenvalue weighted by Gasteiger charge is -2.26. The molecular weight excluding hydrogens is 484 g/mol. The summed E-state index contributed by atoms with van der Waals surface area (Å²) in [4.78, 5) is 12.9. The van der Waals surface area contributed by atoms with Crippen LogP contribution in [0.4, 0.5) is 5.69 Å². The van der Waals surface area contributed by atoms with Gasteiger partial charge in [-0.25, -0.2) is 8.42 Å². The van der Waals surface area contributed by atoms with Crippen molar-refractivity contribution in [2.45, 2.75) is 17.6 Å². The van der Waals surface area contributed by atoms with Gasteiger partial charge in [0.2, 0.25) is 5.91 Å². The highest BCUT2D eigenvalue weighted by atomic mass is 32.2. The summed E-state index contributed by atoms with van der Waals surface area (Å²) in [5.41, 5.74) is 2.37. The van der Waals surface area contributed by atoms with Gasteiger partial charge in [0.05, 0.1) is 24.8 Å². The highest BCUT2D eigenvalue weighted by Crippen LogP contribution is 2.35. The number of nitrogens with one attached hydrogen (secondary N) is 1. The number of carbonyl (C=O) groups excluding carboxylic acids is 1. The Kier molecular flexibility index (Phi) is 9.45. The Bertz CT molecular complexity index is 1220. The standard InChI is InChI=1S/C26H30N2O5S2/c1-20-9-12-23(13-10-20)35(30,31)28(24-17-22(32-2)11-14-25(24)33-3)18-26(29)27-15-16-34-19-21-7-5-4-6-8-21/h4-14,17H,15-16,18-19H2,1-3H3,(H,27,29). The molecule has 0 saturated heterocycles. The Morgan fingerprint density at radius 1 is 0.971 bits per heavy atom. The van der Waals surface area contributed by atoms with Crippen LogP contribution < -0.4 is 19.1 Å². The molecular formula is C26H30N2O5S2. The van der Waals surface area contributed by atoms with Crippen LogP contribution >= 0.6 is 11.8 Å². The minimum Gasteiger partial charge on any atom is -0.497 e. The number of aryl methyl sites for hydroxylation is 1. The summed E-state index contributed by atoms with van der Waals surface area (Å²) >= 11 is 1.70. The fourth-order valence-corrected chi connectivity index (χ4v) is 5.58. The molecule has 3 aromatic rings. The number of nitrogens with zero attached hydrogens (tertiary/aromatic N) is 1. The van der Waals surface area contributed by atoms with Crippen molar-refractivity contribution in [3.05, 3.63) is 83.9 Å². The van der Waals surface area contributed by atoms with Crippen LogP contribution in [0.15, 0.2) is 77.7 Å². The van der Waals surface area contributed by atoms with E-state index < -0.39 is 22.5 Å². The maximum absolute atomic E-state index is 13.6. The maximum atomic E-state index is 13.6. The van der Waals surface area contributed by atoms with E-state index in [1.54, 1.807) is 42.1 Å². The molecule has 0 bridgehead atoms. The molecule has 7 nitrogen and oxygen atoms in total. The number of hydrogen-bond donors (Lipinski definition) is 1. The van der Waals surface area contributed by atoms with Crippen LogP contribution in [0.3, 0.4) is 0 Å². The second-order valence-corrected chi connectivity index (χ2v) is 10.7. The number of hydrogen-bond acceptors (Lipinski definition) is 6. The van der Waals surface area contributed by atoms with Gasteiger partial charge in [0, 0.05) is 24.1 Å². The number of amides is 1. The predicted octanol–water partition coefficient (Wildman–Crippen LogP) is 4.26. The van der Waals surface area contributed by atoms with Crippen LogP contribution in [0, 0.1) is 6.92 Å². The number of anilines is 1. The minimum atomic E-state index is -4.06. The van der Waals surface area contributed by atoms with Crippen LogP contribution in [0.2, 0.25) is 0 Å². The van der Waals surface area contributed by atoms with Gasteiger partial charge in [-0.3, -0.25) is 9.10 Å². The summed E-state index contributed by atoms with van der Waals surface area (Å²) in [6, 6.07) is 21.4. The summed E-state index contributed by atoms with van der Waals surface area (Å²) in [6.45, 7) is 1.90. The summed E-state index contributed by atoms with van der Waals surface area (Å²) in [5.74, 6) is 1.89. The van der Waals surface area contributed by atoms with E-state index in [-0.39, 0.29) is 10.6 Å². The van der Waals surface area contributed by atoms with Crippen LogP contribution in [0.5, 0.6) is 11.5 Å². The smallest absolute Gasteiger partial charge is 0.264 e. The molecule has 0 fully saturated rings. The first-order valence-electron chi connectivity index (χ1n) is 11.0. The number of ether oxygens (including phenoxy) is 2. The van der Waals surface area contributed by atoms with E-state index in [0.717, 1.165) is 15.6 Å². The lowest BCUT2D eigenvalue weighted by atomic mass is 10.2. The topological polar surface area (TPSA) is 84.9 Å². The molecule has 0 saturated carbocycles. The lowest BCUT2D eigenvalue weighted by Crippen LogP contribution is -2.41. The first-order valence-corrected chi connectivity index (χ1v) is 13.6. The van der Waals surface area contributed by atoms with Gasteiger partial charge in [0.15, 0.2) is 0 Å². The van der Waals surface area contributed by atoms with E-state index in [1.165, 1.54) is 31.9 Å². The highest BCUT2D eigenvalue weighted by molar-refractivity contribution is 7.98. The fraction of sp³-hybridized carbons (Fsp3) is 0.269. The minimum absolute atomic E-state index is 0.0826. The van der Waals surface area contributed by atoms with Gasteiger partial charge in [-0.1, -0.05) is 48.0 Å². The third kappa shape index (κ3) is 7.16. The molecule has 0 spiro atoms. The second kappa shape index (κ2) is 12.5. The zero-order chi connectivity index (χ0) is 25.3. The molecule has 0 aliphatic carbocycles. The molecule has 0 unspecified atom stereocenters. The molecule has 0 aliphatic rings. The molecule has 35 heavy (non-hydrogen) atoms. The highest BCUT2D eigenvalue weighted by Gasteiger charge is 2.29. The van der Waals surface area contributed by atoms with Crippen molar-refractivity contribution in [2.24, 2.45) is 0 Å². The van der Waals surface area contributed by atoms with Crippen molar-refractivity contribution < 1.29 is 22.7 Å². The van der Waals surface area contributed by atoms with Crippen molar-refractivity contribution >= 4 is 33.4 Å². The van der Waals surface area contributed by atoms with Crippen molar-refractivity contribution in [1.29, 1.82) is 0 Å². The molecule has 0 atom stereocenters. The Morgan fingerprint density at radius 2 is 1.69 bits per heavy atom. The summed E-state index contributed by atoms with van der Waals surface area (Å²) in [5, 5.41) is 2.83. The monoisotopic (exact) mass is 514 g/mol. The van der Waals surface area contributed by atoms with Gasteiger partial charge in [0.1, 0.15) is 18.0 Å². The van der Waals surface area contributed by atoms with E-state index in [0.29, 0.717) is 23.8 Å². The molecule has 0 radical (unpaired) electrons. The van der Waals surface area contributed by atoms with E-state index in [1.807, 2.05) is 25.1 Å². The zero-order valence-electron chi connectivity index (χ0n) is 20.1. The average Bonchev–Trinajstić information content (AvgIpc) is 2.87. The number of sulfonamides is 1.